The maximum atomic E-state index is 13.2. The van der Waals surface area contributed by atoms with E-state index in [0.29, 0.717) is 29.2 Å². The number of ether oxygens (including phenoxy) is 2. The summed E-state index contributed by atoms with van der Waals surface area (Å²) in [4.78, 5) is 28.0. The van der Waals surface area contributed by atoms with E-state index in [4.69, 9.17) is 9.47 Å². The summed E-state index contributed by atoms with van der Waals surface area (Å²) in [5.74, 6) is 1.89. The molecular weight excluding hydrogens is 550 g/mol. The molecule has 1 saturated heterocycles. The first-order valence-corrected chi connectivity index (χ1v) is 16.3. The van der Waals surface area contributed by atoms with Crippen LogP contribution in [-0.4, -0.2) is 56.0 Å². The van der Waals surface area contributed by atoms with Gasteiger partial charge in [-0.2, -0.15) is 0 Å². The maximum Gasteiger partial charge on any atom is 0.255 e. The Balaban J connectivity index is 1.10. The number of piperidine rings is 1. The summed E-state index contributed by atoms with van der Waals surface area (Å²) < 4.78 is 11.3. The van der Waals surface area contributed by atoms with Gasteiger partial charge in [0, 0.05) is 38.2 Å². The van der Waals surface area contributed by atoms with Crippen molar-refractivity contribution in [2.75, 3.05) is 33.3 Å². The second-order valence-electron chi connectivity index (χ2n) is 11.5. The van der Waals surface area contributed by atoms with Crippen molar-refractivity contribution >= 4 is 11.8 Å². The number of para-hydroxylation sites is 1. The lowest BCUT2D eigenvalue weighted by Gasteiger charge is -2.32. The Labute approximate surface area is 263 Å². The molecule has 7 heteroatoms. The average molecular weight is 600 g/mol. The molecule has 44 heavy (non-hydrogen) atoms. The molecule has 3 aromatic rings. The number of rotatable bonds is 16. The smallest absolute Gasteiger partial charge is 0.255 e. The average Bonchev–Trinajstić information content (AvgIpc) is 3.05. The second kappa shape index (κ2) is 17.5. The van der Waals surface area contributed by atoms with Crippen molar-refractivity contribution in [2.24, 2.45) is 0 Å². The highest BCUT2D eigenvalue weighted by Crippen LogP contribution is 2.28. The van der Waals surface area contributed by atoms with Crippen LogP contribution >= 0.6 is 0 Å². The van der Waals surface area contributed by atoms with Crippen LogP contribution in [0.3, 0.4) is 0 Å². The molecule has 0 radical (unpaired) electrons. The summed E-state index contributed by atoms with van der Waals surface area (Å²) in [6, 6.07) is 21.4. The van der Waals surface area contributed by atoms with Crippen LogP contribution in [0.1, 0.15) is 79.4 Å². The molecule has 0 aliphatic carbocycles. The summed E-state index contributed by atoms with van der Waals surface area (Å²) >= 11 is 0. The highest BCUT2D eigenvalue weighted by atomic mass is 16.5. The number of hydrogen-bond acceptors (Lipinski definition) is 5. The van der Waals surface area contributed by atoms with Gasteiger partial charge >= 0.3 is 0 Å². The molecule has 1 aliphatic heterocycles. The first-order valence-electron chi connectivity index (χ1n) is 16.3. The van der Waals surface area contributed by atoms with Crippen molar-refractivity contribution < 1.29 is 19.1 Å². The largest absolute Gasteiger partial charge is 0.497 e. The number of benzene rings is 3. The van der Waals surface area contributed by atoms with Gasteiger partial charge < -0.3 is 25.0 Å². The van der Waals surface area contributed by atoms with Crippen LogP contribution in [0.2, 0.25) is 0 Å². The molecule has 0 spiro atoms. The van der Waals surface area contributed by atoms with Gasteiger partial charge in [-0.3, -0.25) is 9.59 Å². The highest BCUT2D eigenvalue weighted by Gasteiger charge is 2.22. The molecule has 0 atom stereocenters. The monoisotopic (exact) mass is 599 g/mol. The first-order chi connectivity index (χ1) is 21.5. The topological polar surface area (TPSA) is 79.9 Å². The fourth-order valence-corrected chi connectivity index (χ4v) is 5.97. The number of nitrogens with zero attached hydrogens (tertiary/aromatic N) is 1. The van der Waals surface area contributed by atoms with Crippen molar-refractivity contribution in [3.05, 3.63) is 89.0 Å². The summed E-state index contributed by atoms with van der Waals surface area (Å²) in [6.45, 7) is 8.06. The SMILES string of the molecule is CCc1cccc(CC)c1CCCC(=O)NCCCCN1CCC(NC(=O)c2ccccc2Oc2cccc(OC)c2)CC1. The summed E-state index contributed by atoms with van der Waals surface area (Å²) in [6.07, 6.45) is 8.39. The molecule has 1 fully saturated rings. The Morgan fingerprint density at radius 3 is 2.30 bits per heavy atom. The van der Waals surface area contributed by atoms with E-state index in [1.54, 1.807) is 19.2 Å². The Hall–Kier alpha value is -3.84. The zero-order chi connectivity index (χ0) is 31.1. The predicted molar refractivity (Wildman–Crippen MR) is 177 cm³/mol. The molecule has 7 nitrogen and oxygen atoms in total. The van der Waals surface area contributed by atoms with Crippen LogP contribution in [0.5, 0.6) is 17.2 Å². The Morgan fingerprint density at radius 2 is 1.57 bits per heavy atom. The van der Waals surface area contributed by atoms with Crippen molar-refractivity contribution in [1.29, 1.82) is 0 Å². The molecule has 0 unspecified atom stereocenters. The number of unbranched alkanes of at least 4 members (excludes halogenated alkanes) is 1. The van der Waals surface area contributed by atoms with Crippen LogP contribution in [0.4, 0.5) is 0 Å². The zero-order valence-corrected chi connectivity index (χ0v) is 26.7. The number of methoxy groups -OCH3 is 1. The fraction of sp³-hybridized carbons (Fsp3) is 0.459. The van der Waals surface area contributed by atoms with Crippen LogP contribution in [0.25, 0.3) is 0 Å². The van der Waals surface area contributed by atoms with Crippen molar-refractivity contribution in [3.8, 4) is 17.2 Å². The van der Waals surface area contributed by atoms with Gasteiger partial charge in [0.25, 0.3) is 5.91 Å². The summed E-state index contributed by atoms with van der Waals surface area (Å²) in [5, 5.41) is 6.33. The zero-order valence-electron chi connectivity index (χ0n) is 26.7. The van der Waals surface area contributed by atoms with Gasteiger partial charge in [0.1, 0.15) is 17.2 Å². The van der Waals surface area contributed by atoms with E-state index in [-0.39, 0.29) is 17.9 Å². The number of hydrogen-bond donors (Lipinski definition) is 2. The van der Waals surface area contributed by atoms with Crippen LogP contribution < -0.4 is 20.1 Å². The van der Waals surface area contributed by atoms with Crippen LogP contribution in [-0.2, 0) is 24.1 Å². The minimum atomic E-state index is -0.113. The van der Waals surface area contributed by atoms with E-state index in [1.165, 1.54) is 16.7 Å². The van der Waals surface area contributed by atoms with E-state index in [1.807, 2.05) is 36.4 Å². The number of carbonyl (C=O) groups excluding carboxylic acids is 2. The van der Waals surface area contributed by atoms with Crippen molar-refractivity contribution in [3.63, 3.8) is 0 Å². The molecule has 2 amide bonds. The molecular formula is C37H49N3O4. The maximum absolute atomic E-state index is 13.2. The number of amides is 2. The number of aryl methyl sites for hydroxylation is 2. The number of nitrogens with one attached hydrogen (secondary N) is 2. The van der Waals surface area contributed by atoms with Gasteiger partial charge in [0.05, 0.1) is 12.7 Å². The van der Waals surface area contributed by atoms with Gasteiger partial charge in [-0.05, 0) is 98.9 Å². The van der Waals surface area contributed by atoms with Crippen molar-refractivity contribution in [1.82, 2.24) is 15.5 Å². The van der Waals surface area contributed by atoms with E-state index in [9.17, 15) is 9.59 Å². The van der Waals surface area contributed by atoms with E-state index in [0.717, 1.165) is 77.5 Å². The normalized spacial score (nSPS) is 13.8. The molecule has 4 rings (SSSR count). The molecule has 0 bridgehead atoms. The standard InChI is InChI=1S/C37H49N3O4/c1-4-28-13-10-14-29(5-2)33(28)18-12-20-36(41)38-23-8-9-24-40-25-21-30(22-26-40)39-37(42)34-17-6-7-19-35(34)44-32-16-11-15-31(27-32)43-3/h6-7,10-11,13-17,19,27,30H,4-5,8-9,12,18,20-26H2,1-3H3,(H,38,41)(H,39,42). The quantitative estimate of drug-likeness (QED) is 0.179. The van der Waals surface area contributed by atoms with Crippen molar-refractivity contribution in [2.45, 2.75) is 77.7 Å². The molecule has 0 saturated carbocycles. The fourth-order valence-electron chi connectivity index (χ4n) is 5.97. The van der Waals surface area contributed by atoms with Crippen LogP contribution in [0.15, 0.2) is 66.7 Å². The number of likely N-dealkylation sites (tertiary alicyclic amines) is 1. The Bertz CT molecular complexity index is 1330. The van der Waals surface area contributed by atoms with E-state index < -0.39 is 0 Å². The lowest BCUT2D eigenvalue weighted by atomic mass is 9.93. The minimum absolute atomic E-state index is 0.113. The van der Waals surface area contributed by atoms with E-state index in [2.05, 4.69) is 47.6 Å². The molecule has 236 valence electrons. The molecule has 1 heterocycles. The Kier molecular flexibility index (Phi) is 13.1. The predicted octanol–water partition coefficient (Wildman–Crippen LogP) is 6.73. The highest BCUT2D eigenvalue weighted by molar-refractivity contribution is 5.97. The molecule has 1 aliphatic rings. The van der Waals surface area contributed by atoms with Gasteiger partial charge in [-0.1, -0.05) is 50.2 Å². The van der Waals surface area contributed by atoms with Crippen LogP contribution in [0, 0.1) is 0 Å². The van der Waals surface area contributed by atoms with E-state index >= 15 is 0 Å². The lowest BCUT2D eigenvalue weighted by Crippen LogP contribution is -2.45. The third-order valence-corrected chi connectivity index (χ3v) is 8.51. The molecule has 0 aromatic heterocycles. The number of carbonyl (C=O) groups is 2. The van der Waals surface area contributed by atoms with Gasteiger partial charge in [0.15, 0.2) is 0 Å². The summed E-state index contributed by atoms with van der Waals surface area (Å²) in [7, 11) is 1.61. The van der Waals surface area contributed by atoms with Gasteiger partial charge in [-0.25, -0.2) is 0 Å². The van der Waals surface area contributed by atoms with Gasteiger partial charge in [-0.15, -0.1) is 0 Å². The Morgan fingerprint density at radius 1 is 0.864 bits per heavy atom. The molecule has 2 N–H and O–H groups in total. The minimum Gasteiger partial charge on any atom is -0.497 e. The lowest BCUT2D eigenvalue weighted by molar-refractivity contribution is -0.121. The summed E-state index contributed by atoms with van der Waals surface area (Å²) in [5.41, 5.74) is 4.79. The first kappa shape index (κ1) is 33.1. The second-order valence-corrected chi connectivity index (χ2v) is 11.5. The van der Waals surface area contributed by atoms with Gasteiger partial charge in [0.2, 0.25) is 5.91 Å². The third kappa shape index (κ3) is 9.84. The molecule has 3 aromatic carbocycles. The third-order valence-electron chi connectivity index (χ3n) is 8.51.